The smallest absolute Gasteiger partial charge is 0.255 e. The lowest BCUT2D eigenvalue weighted by Gasteiger charge is -2.33. The number of pyridine rings is 1. The Hall–Kier alpha value is -2.24. The van der Waals surface area contributed by atoms with Crippen molar-refractivity contribution in [3.63, 3.8) is 0 Å². The average molecular weight is 299 g/mol. The Labute approximate surface area is 130 Å². The highest BCUT2D eigenvalue weighted by Gasteiger charge is 2.25. The Morgan fingerprint density at radius 2 is 2.05 bits per heavy atom. The highest BCUT2D eigenvalue weighted by Crippen LogP contribution is 2.25. The zero-order valence-electron chi connectivity index (χ0n) is 13.0. The van der Waals surface area contributed by atoms with Gasteiger partial charge in [-0.25, -0.2) is 14.6 Å². The van der Waals surface area contributed by atoms with E-state index in [-0.39, 0.29) is 5.91 Å². The molecule has 1 aliphatic rings. The molecule has 22 heavy (non-hydrogen) atoms. The molecule has 6 nitrogen and oxygen atoms in total. The van der Waals surface area contributed by atoms with Crippen molar-refractivity contribution in [2.24, 2.45) is 11.8 Å². The minimum atomic E-state index is 0.0693. The van der Waals surface area contributed by atoms with E-state index in [2.05, 4.69) is 28.9 Å². The van der Waals surface area contributed by atoms with Gasteiger partial charge in [-0.15, -0.1) is 0 Å². The van der Waals surface area contributed by atoms with Gasteiger partial charge in [0.05, 0.1) is 5.56 Å². The zero-order valence-corrected chi connectivity index (χ0v) is 13.0. The van der Waals surface area contributed by atoms with Crippen LogP contribution in [-0.2, 0) is 0 Å². The number of likely N-dealkylation sites (tertiary alicyclic amines) is 1. The van der Waals surface area contributed by atoms with Gasteiger partial charge in [0.15, 0.2) is 5.82 Å². The topological polar surface area (TPSA) is 63.9 Å². The molecule has 6 heteroatoms. The Balaban J connectivity index is 1.66. The number of aromatic nitrogens is 4. The van der Waals surface area contributed by atoms with Crippen LogP contribution < -0.4 is 0 Å². The van der Waals surface area contributed by atoms with Crippen molar-refractivity contribution in [3.8, 4) is 5.82 Å². The molecule has 0 unspecified atom stereocenters. The summed E-state index contributed by atoms with van der Waals surface area (Å²) in [5, 5.41) is 4.02. The van der Waals surface area contributed by atoms with Crippen LogP contribution in [-0.4, -0.2) is 43.6 Å². The molecule has 0 N–H and O–H groups in total. The lowest BCUT2D eigenvalue weighted by atomic mass is 9.86. The summed E-state index contributed by atoms with van der Waals surface area (Å²) in [6.07, 6.45) is 6.84. The van der Waals surface area contributed by atoms with E-state index >= 15 is 0 Å². The van der Waals surface area contributed by atoms with Gasteiger partial charge in [-0.3, -0.25) is 4.79 Å². The van der Waals surface area contributed by atoms with Crippen LogP contribution in [0.2, 0.25) is 0 Å². The van der Waals surface area contributed by atoms with Crippen LogP contribution in [0.3, 0.4) is 0 Å². The average Bonchev–Trinajstić information content (AvgIpc) is 3.09. The molecule has 1 aliphatic heterocycles. The Bertz CT molecular complexity index is 612. The minimum absolute atomic E-state index is 0.0693. The number of nitrogens with zero attached hydrogens (tertiary/aromatic N) is 5. The number of amides is 1. The summed E-state index contributed by atoms with van der Waals surface area (Å²) in [5.74, 6) is 2.16. The van der Waals surface area contributed by atoms with E-state index in [9.17, 15) is 4.79 Å². The van der Waals surface area contributed by atoms with E-state index in [1.54, 1.807) is 29.3 Å². The summed E-state index contributed by atoms with van der Waals surface area (Å²) in [7, 11) is 0. The van der Waals surface area contributed by atoms with Crippen molar-refractivity contribution in [2.45, 2.75) is 26.7 Å². The highest BCUT2D eigenvalue weighted by molar-refractivity contribution is 5.94. The predicted molar refractivity (Wildman–Crippen MR) is 82.6 cm³/mol. The predicted octanol–water partition coefficient (Wildman–Crippen LogP) is 2.17. The summed E-state index contributed by atoms with van der Waals surface area (Å²) in [6.45, 7) is 6.20. The summed E-state index contributed by atoms with van der Waals surface area (Å²) in [5.41, 5.74) is 0.631. The molecule has 1 amide bonds. The van der Waals surface area contributed by atoms with E-state index in [1.165, 1.54) is 6.33 Å². The first kappa shape index (κ1) is 14.7. The first-order valence-corrected chi connectivity index (χ1v) is 7.75. The minimum Gasteiger partial charge on any atom is -0.339 e. The standard InChI is InChI=1S/C16H21N5O/c1-12(2)13-5-7-20(8-6-13)16(22)14-3-4-15(18-9-14)21-11-17-10-19-21/h3-4,9-13H,5-8H2,1-2H3. The molecular formula is C16H21N5O. The molecule has 0 atom stereocenters. The van der Waals surface area contributed by atoms with E-state index in [0.29, 0.717) is 17.3 Å². The first-order chi connectivity index (χ1) is 10.6. The molecule has 1 saturated heterocycles. The quantitative estimate of drug-likeness (QED) is 0.871. The van der Waals surface area contributed by atoms with Crippen LogP contribution in [0.25, 0.3) is 5.82 Å². The number of hydrogen-bond acceptors (Lipinski definition) is 4. The van der Waals surface area contributed by atoms with Crippen molar-refractivity contribution in [1.82, 2.24) is 24.6 Å². The van der Waals surface area contributed by atoms with Gasteiger partial charge in [0, 0.05) is 19.3 Å². The summed E-state index contributed by atoms with van der Waals surface area (Å²) in [4.78, 5) is 22.6. The molecule has 116 valence electrons. The van der Waals surface area contributed by atoms with Gasteiger partial charge in [-0.1, -0.05) is 13.8 Å². The van der Waals surface area contributed by atoms with Gasteiger partial charge < -0.3 is 4.90 Å². The largest absolute Gasteiger partial charge is 0.339 e. The molecule has 3 heterocycles. The van der Waals surface area contributed by atoms with E-state index in [4.69, 9.17) is 0 Å². The van der Waals surface area contributed by atoms with Crippen LogP contribution in [0.15, 0.2) is 31.0 Å². The molecule has 1 fully saturated rings. The number of carbonyl (C=O) groups excluding carboxylic acids is 1. The van der Waals surface area contributed by atoms with Gasteiger partial charge in [0.2, 0.25) is 0 Å². The van der Waals surface area contributed by atoms with Crippen LogP contribution in [0, 0.1) is 11.8 Å². The molecule has 2 aromatic heterocycles. The molecular weight excluding hydrogens is 278 g/mol. The van der Waals surface area contributed by atoms with E-state index < -0.39 is 0 Å². The fourth-order valence-electron chi connectivity index (χ4n) is 2.93. The summed E-state index contributed by atoms with van der Waals surface area (Å²) < 4.78 is 1.57. The molecule has 2 aromatic rings. The number of rotatable bonds is 3. The third-order valence-corrected chi connectivity index (χ3v) is 4.42. The lowest BCUT2D eigenvalue weighted by Crippen LogP contribution is -2.39. The maximum absolute atomic E-state index is 12.5. The SMILES string of the molecule is CC(C)C1CCN(C(=O)c2ccc(-n3cncn3)nc2)CC1. The van der Waals surface area contributed by atoms with Crippen molar-refractivity contribution < 1.29 is 4.79 Å². The Morgan fingerprint density at radius 1 is 1.27 bits per heavy atom. The van der Waals surface area contributed by atoms with Crippen molar-refractivity contribution in [2.75, 3.05) is 13.1 Å². The van der Waals surface area contributed by atoms with Crippen LogP contribution in [0.4, 0.5) is 0 Å². The fourth-order valence-corrected chi connectivity index (χ4v) is 2.93. The molecule has 0 aliphatic carbocycles. The second kappa shape index (κ2) is 6.25. The number of carbonyl (C=O) groups is 1. The highest BCUT2D eigenvalue weighted by atomic mass is 16.2. The van der Waals surface area contributed by atoms with Gasteiger partial charge >= 0.3 is 0 Å². The maximum atomic E-state index is 12.5. The lowest BCUT2D eigenvalue weighted by molar-refractivity contribution is 0.0667. The summed E-state index contributed by atoms with van der Waals surface area (Å²) >= 11 is 0. The van der Waals surface area contributed by atoms with Gasteiger partial charge in [0.1, 0.15) is 12.7 Å². The van der Waals surface area contributed by atoms with Crippen LogP contribution in [0.5, 0.6) is 0 Å². The van der Waals surface area contributed by atoms with Gasteiger partial charge in [0.25, 0.3) is 5.91 Å². The normalized spacial score (nSPS) is 16.2. The second-order valence-corrected chi connectivity index (χ2v) is 6.12. The monoisotopic (exact) mass is 299 g/mol. The zero-order chi connectivity index (χ0) is 15.5. The van der Waals surface area contributed by atoms with E-state index in [0.717, 1.165) is 31.8 Å². The van der Waals surface area contributed by atoms with Crippen molar-refractivity contribution >= 4 is 5.91 Å². The number of piperidine rings is 1. The Kier molecular flexibility index (Phi) is 4.18. The molecule has 0 bridgehead atoms. The third kappa shape index (κ3) is 3.00. The number of hydrogen-bond donors (Lipinski definition) is 0. The maximum Gasteiger partial charge on any atom is 0.255 e. The van der Waals surface area contributed by atoms with Gasteiger partial charge in [-0.2, -0.15) is 5.10 Å². The summed E-state index contributed by atoms with van der Waals surface area (Å²) in [6, 6.07) is 3.60. The molecule has 3 rings (SSSR count). The van der Waals surface area contributed by atoms with Crippen molar-refractivity contribution in [3.05, 3.63) is 36.5 Å². The first-order valence-electron chi connectivity index (χ1n) is 7.75. The fraction of sp³-hybridized carbons (Fsp3) is 0.500. The molecule has 0 radical (unpaired) electrons. The van der Waals surface area contributed by atoms with Gasteiger partial charge in [-0.05, 0) is 36.8 Å². The molecule has 0 aromatic carbocycles. The van der Waals surface area contributed by atoms with Crippen molar-refractivity contribution in [1.29, 1.82) is 0 Å². The van der Waals surface area contributed by atoms with E-state index in [1.807, 2.05) is 4.90 Å². The third-order valence-electron chi connectivity index (χ3n) is 4.42. The Morgan fingerprint density at radius 3 is 2.59 bits per heavy atom. The molecule has 0 spiro atoms. The second-order valence-electron chi connectivity index (χ2n) is 6.12. The van der Waals surface area contributed by atoms with Crippen LogP contribution >= 0.6 is 0 Å². The molecule has 0 saturated carbocycles. The van der Waals surface area contributed by atoms with Crippen LogP contribution in [0.1, 0.15) is 37.0 Å².